The Morgan fingerprint density at radius 1 is 1.33 bits per heavy atom. The van der Waals surface area contributed by atoms with E-state index in [0.717, 1.165) is 12.2 Å². The largest absolute Gasteiger partial charge is 0.469 e. The molecular weight excluding hydrogens is 337 g/mol. The van der Waals surface area contributed by atoms with Crippen molar-refractivity contribution < 1.29 is 4.42 Å². The van der Waals surface area contributed by atoms with Crippen molar-refractivity contribution in [2.24, 2.45) is 0 Å². The highest BCUT2D eigenvalue weighted by Gasteiger charge is 2.22. The molecule has 0 amide bonds. The second-order valence-corrected chi connectivity index (χ2v) is 6.09. The molecule has 0 radical (unpaired) electrons. The number of hydrogen-bond acceptors (Lipinski definition) is 2. The van der Waals surface area contributed by atoms with Gasteiger partial charge in [-0.05, 0) is 72.2 Å². The molecule has 1 heterocycles. The van der Waals surface area contributed by atoms with Crippen LogP contribution >= 0.6 is 22.6 Å². The third kappa shape index (κ3) is 2.28. The van der Waals surface area contributed by atoms with Gasteiger partial charge in [-0.1, -0.05) is 0 Å². The number of rotatable bonds is 2. The number of fused-ring (bicyclic) bond motifs is 1. The molecule has 1 aromatic heterocycles. The van der Waals surface area contributed by atoms with Crippen LogP contribution in [0, 0.1) is 10.5 Å². The zero-order valence-electron chi connectivity index (χ0n) is 10.4. The van der Waals surface area contributed by atoms with Crippen molar-refractivity contribution in [2.45, 2.75) is 32.2 Å². The Morgan fingerprint density at radius 2 is 2.22 bits per heavy atom. The number of furan rings is 1. The molecule has 1 atom stereocenters. The highest BCUT2D eigenvalue weighted by Crippen LogP contribution is 2.34. The van der Waals surface area contributed by atoms with E-state index < -0.39 is 0 Å². The van der Waals surface area contributed by atoms with E-state index in [-0.39, 0.29) is 0 Å². The van der Waals surface area contributed by atoms with Gasteiger partial charge in [-0.3, -0.25) is 0 Å². The number of nitrogens with one attached hydrogen (secondary N) is 1. The van der Waals surface area contributed by atoms with Gasteiger partial charge in [0.05, 0.1) is 12.3 Å². The molecule has 0 saturated carbocycles. The van der Waals surface area contributed by atoms with Gasteiger partial charge in [0.15, 0.2) is 0 Å². The third-order valence-corrected chi connectivity index (χ3v) is 4.24. The van der Waals surface area contributed by atoms with Gasteiger partial charge in [0, 0.05) is 21.2 Å². The Balaban J connectivity index is 1.86. The summed E-state index contributed by atoms with van der Waals surface area (Å²) in [6, 6.07) is 9.03. The van der Waals surface area contributed by atoms with Gasteiger partial charge in [-0.15, -0.1) is 0 Å². The molecule has 1 aromatic carbocycles. The van der Waals surface area contributed by atoms with Crippen LogP contribution in [0.2, 0.25) is 0 Å². The van der Waals surface area contributed by atoms with Crippen LogP contribution in [-0.4, -0.2) is 0 Å². The Labute approximate surface area is 121 Å². The Morgan fingerprint density at radius 3 is 3.06 bits per heavy atom. The van der Waals surface area contributed by atoms with Crippen molar-refractivity contribution in [1.82, 2.24) is 0 Å². The Bertz CT molecular complexity index is 561. The van der Waals surface area contributed by atoms with Gasteiger partial charge in [0.25, 0.3) is 0 Å². The Kier molecular flexibility index (Phi) is 3.33. The first-order valence-corrected chi connectivity index (χ1v) is 7.41. The highest BCUT2D eigenvalue weighted by molar-refractivity contribution is 14.1. The van der Waals surface area contributed by atoms with Gasteiger partial charge in [-0.25, -0.2) is 0 Å². The Hall–Kier alpha value is -0.970. The molecule has 1 N–H and O–H groups in total. The minimum atomic E-state index is 0.395. The van der Waals surface area contributed by atoms with Crippen LogP contribution < -0.4 is 5.32 Å². The maximum Gasteiger partial charge on any atom is 0.109 e. The molecule has 1 aliphatic rings. The summed E-state index contributed by atoms with van der Waals surface area (Å²) >= 11 is 2.35. The molecule has 0 fully saturated rings. The average molecular weight is 353 g/mol. The minimum Gasteiger partial charge on any atom is -0.469 e. The number of anilines is 1. The molecule has 2 nitrogen and oxygen atoms in total. The van der Waals surface area contributed by atoms with E-state index in [9.17, 15) is 0 Å². The molecule has 1 unspecified atom stereocenters. The first-order chi connectivity index (χ1) is 8.74. The fraction of sp³-hybridized carbons (Fsp3) is 0.333. The summed E-state index contributed by atoms with van der Waals surface area (Å²) in [5.41, 5.74) is 3.87. The normalized spacial score (nSPS) is 18.4. The van der Waals surface area contributed by atoms with Crippen molar-refractivity contribution in [1.29, 1.82) is 0 Å². The monoisotopic (exact) mass is 353 g/mol. The fourth-order valence-corrected chi connectivity index (χ4v) is 3.26. The third-order valence-electron chi connectivity index (χ3n) is 3.57. The molecule has 3 heteroatoms. The molecule has 0 aliphatic heterocycles. The molecule has 1 aliphatic carbocycles. The lowest BCUT2D eigenvalue weighted by molar-refractivity contribution is 0.461. The van der Waals surface area contributed by atoms with Gasteiger partial charge < -0.3 is 9.73 Å². The van der Waals surface area contributed by atoms with E-state index in [1.165, 1.54) is 33.2 Å². The van der Waals surface area contributed by atoms with Crippen molar-refractivity contribution in [3.8, 4) is 0 Å². The molecule has 3 rings (SSSR count). The van der Waals surface area contributed by atoms with Crippen LogP contribution in [0.4, 0.5) is 5.69 Å². The van der Waals surface area contributed by atoms with Crippen LogP contribution in [0.5, 0.6) is 0 Å². The van der Waals surface area contributed by atoms with Crippen LogP contribution in [0.25, 0.3) is 0 Å². The smallest absolute Gasteiger partial charge is 0.109 e. The van der Waals surface area contributed by atoms with Crippen LogP contribution in [-0.2, 0) is 6.42 Å². The first kappa shape index (κ1) is 12.1. The lowest BCUT2D eigenvalue weighted by Gasteiger charge is -2.24. The molecule has 0 bridgehead atoms. The number of benzene rings is 1. The first-order valence-electron chi connectivity index (χ1n) is 6.33. The standard InChI is InChI=1S/C15H16INO/c1-10-9-11(16)5-6-13(10)17-14-3-2-4-15-12(14)7-8-18-15/h5-9,14,17H,2-4H2,1H3. The molecular formula is C15H16INO. The highest BCUT2D eigenvalue weighted by atomic mass is 127. The maximum absolute atomic E-state index is 5.53. The lowest BCUT2D eigenvalue weighted by Crippen LogP contribution is -2.16. The second kappa shape index (κ2) is 4.96. The quantitative estimate of drug-likeness (QED) is 0.793. The number of halogens is 1. The van der Waals surface area contributed by atoms with E-state index >= 15 is 0 Å². The fourth-order valence-electron chi connectivity index (χ4n) is 2.61. The van der Waals surface area contributed by atoms with E-state index in [0.29, 0.717) is 6.04 Å². The van der Waals surface area contributed by atoms with Crippen LogP contribution in [0.1, 0.15) is 35.8 Å². The molecule has 94 valence electrons. The van der Waals surface area contributed by atoms with Crippen molar-refractivity contribution in [3.63, 3.8) is 0 Å². The zero-order valence-corrected chi connectivity index (χ0v) is 12.5. The molecule has 0 saturated heterocycles. The van der Waals surface area contributed by atoms with E-state index in [2.05, 4.69) is 59.1 Å². The van der Waals surface area contributed by atoms with Crippen LogP contribution in [0.15, 0.2) is 34.9 Å². The van der Waals surface area contributed by atoms with E-state index in [4.69, 9.17) is 4.42 Å². The predicted octanol–water partition coefficient (Wildman–Crippen LogP) is 4.68. The zero-order chi connectivity index (χ0) is 12.5. The topological polar surface area (TPSA) is 25.2 Å². The number of aryl methyl sites for hydroxylation is 2. The van der Waals surface area contributed by atoms with E-state index in [1.54, 1.807) is 0 Å². The minimum absolute atomic E-state index is 0.395. The van der Waals surface area contributed by atoms with Gasteiger partial charge in [-0.2, -0.15) is 0 Å². The lowest BCUT2D eigenvalue weighted by atomic mass is 9.93. The SMILES string of the molecule is Cc1cc(I)ccc1NC1CCCc2occc21. The second-order valence-electron chi connectivity index (χ2n) is 4.85. The molecule has 2 aromatic rings. The van der Waals surface area contributed by atoms with E-state index in [1.807, 2.05) is 6.26 Å². The molecule has 0 spiro atoms. The summed E-state index contributed by atoms with van der Waals surface area (Å²) in [6.07, 6.45) is 5.26. The predicted molar refractivity (Wildman–Crippen MR) is 81.9 cm³/mol. The van der Waals surface area contributed by atoms with Crippen molar-refractivity contribution in [3.05, 3.63) is 51.0 Å². The summed E-state index contributed by atoms with van der Waals surface area (Å²) in [5.74, 6) is 1.15. The summed E-state index contributed by atoms with van der Waals surface area (Å²) in [4.78, 5) is 0. The maximum atomic E-state index is 5.53. The summed E-state index contributed by atoms with van der Waals surface area (Å²) in [7, 11) is 0. The van der Waals surface area contributed by atoms with Gasteiger partial charge >= 0.3 is 0 Å². The van der Waals surface area contributed by atoms with Gasteiger partial charge in [0.1, 0.15) is 5.76 Å². The van der Waals surface area contributed by atoms with Gasteiger partial charge in [0.2, 0.25) is 0 Å². The molecule has 18 heavy (non-hydrogen) atoms. The average Bonchev–Trinajstić information content (AvgIpc) is 2.82. The van der Waals surface area contributed by atoms with Crippen LogP contribution in [0.3, 0.4) is 0 Å². The number of hydrogen-bond donors (Lipinski definition) is 1. The summed E-state index contributed by atoms with van der Waals surface area (Å²) < 4.78 is 6.81. The van der Waals surface area contributed by atoms with Crippen molar-refractivity contribution >= 4 is 28.3 Å². The summed E-state index contributed by atoms with van der Waals surface area (Å²) in [5, 5.41) is 3.66. The summed E-state index contributed by atoms with van der Waals surface area (Å²) in [6.45, 7) is 2.16. The van der Waals surface area contributed by atoms with Crippen molar-refractivity contribution in [2.75, 3.05) is 5.32 Å².